The van der Waals surface area contributed by atoms with Crippen molar-refractivity contribution in [2.45, 2.75) is 12.8 Å². The summed E-state index contributed by atoms with van der Waals surface area (Å²) >= 11 is 0. The Morgan fingerprint density at radius 3 is 2.67 bits per heavy atom. The summed E-state index contributed by atoms with van der Waals surface area (Å²) in [7, 11) is 0. The lowest BCUT2D eigenvalue weighted by Gasteiger charge is -2.24. The molecule has 1 aliphatic rings. The molecule has 0 aliphatic carbocycles. The van der Waals surface area contributed by atoms with Gasteiger partial charge >= 0.3 is 0 Å². The molecule has 1 nitrogen and oxygen atoms in total. The van der Waals surface area contributed by atoms with Crippen LogP contribution in [0.2, 0.25) is 0 Å². The van der Waals surface area contributed by atoms with E-state index in [1.54, 1.807) is 0 Å². The predicted octanol–water partition coefficient (Wildman–Crippen LogP) is 2.97. The zero-order valence-corrected chi connectivity index (χ0v) is 8.76. The standard InChI is InChI=1S/C13H14FN/c1-9-8-15-10(2)7-13(9)11-3-5-12(14)6-4-11/h3-7,13,15H,1,8H2,2H3. The van der Waals surface area contributed by atoms with Crippen LogP contribution in [-0.2, 0) is 0 Å². The molecule has 78 valence electrons. The van der Waals surface area contributed by atoms with Crippen LogP contribution in [0.1, 0.15) is 18.4 Å². The molecule has 1 N–H and O–H groups in total. The Kier molecular flexibility index (Phi) is 2.58. The average Bonchev–Trinajstić information content (AvgIpc) is 2.23. The summed E-state index contributed by atoms with van der Waals surface area (Å²) in [5.74, 6) is 0.0193. The molecule has 2 heteroatoms. The van der Waals surface area contributed by atoms with Gasteiger partial charge in [-0.25, -0.2) is 4.39 Å². The molecule has 0 saturated heterocycles. The van der Waals surface area contributed by atoms with E-state index < -0.39 is 0 Å². The van der Waals surface area contributed by atoms with E-state index in [9.17, 15) is 4.39 Å². The van der Waals surface area contributed by atoms with E-state index in [1.165, 1.54) is 12.1 Å². The fourth-order valence-electron chi connectivity index (χ4n) is 1.79. The van der Waals surface area contributed by atoms with Gasteiger partial charge in [-0.05, 0) is 30.2 Å². The summed E-state index contributed by atoms with van der Waals surface area (Å²) < 4.78 is 12.8. The Balaban J connectivity index is 2.33. The molecule has 1 aromatic rings. The van der Waals surface area contributed by atoms with Gasteiger partial charge in [0.05, 0.1) is 0 Å². The van der Waals surface area contributed by atoms with Crippen molar-refractivity contribution in [3.63, 3.8) is 0 Å². The lowest BCUT2D eigenvalue weighted by atomic mass is 9.89. The van der Waals surface area contributed by atoms with Crippen LogP contribution in [0.3, 0.4) is 0 Å². The van der Waals surface area contributed by atoms with E-state index in [0.29, 0.717) is 0 Å². The van der Waals surface area contributed by atoms with Crippen molar-refractivity contribution in [1.82, 2.24) is 5.32 Å². The van der Waals surface area contributed by atoms with Gasteiger partial charge in [-0.1, -0.05) is 24.8 Å². The van der Waals surface area contributed by atoms with Crippen LogP contribution in [0.25, 0.3) is 0 Å². The quantitative estimate of drug-likeness (QED) is 0.692. The largest absolute Gasteiger partial charge is 0.385 e. The van der Waals surface area contributed by atoms with E-state index in [0.717, 1.165) is 23.4 Å². The van der Waals surface area contributed by atoms with Gasteiger partial charge in [0.2, 0.25) is 0 Å². The first-order chi connectivity index (χ1) is 7.16. The number of rotatable bonds is 1. The van der Waals surface area contributed by atoms with Gasteiger partial charge in [0.25, 0.3) is 0 Å². The summed E-state index contributed by atoms with van der Waals surface area (Å²) in [4.78, 5) is 0. The summed E-state index contributed by atoms with van der Waals surface area (Å²) in [5.41, 5.74) is 3.37. The highest BCUT2D eigenvalue weighted by molar-refractivity contribution is 5.36. The Hall–Kier alpha value is -1.57. The molecule has 0 amide bonds. The van der Waals surface area contributed by atoms with Crippen LogP contribution in [0.4, 0.5) is 4.39 Å². The van der Waals surface area contributed by atoms with Crippen molar-refractivity contribution in [2.24, 2.45) is 0 Å². The average molecular weight is 203 g/mol. The topological polar surface area (TPSA) is 12.0 Å². The maximum absolute atomic E-state index is 12.8. The fourth-order valence-corrected chi connectivity index (χ4v) is 1.79. The molecule has 1 atom stereocenters. The predicted molar refractivity (Wildman–Crippen MR) is 60.0 cm³/mol. The minimum absolute atomic E-state index is 0.195. The lowest BCUT2D eigenvalue weighted by Crippen LogP contribution is -2.23. The molecule has 0 fully saturated rings. The Labute approximate surface area is 89.3 Å². The molecule has 0 spiro atoms. The number of hydrogen-bond acceptors (Lipinski definition) is 1. The van der Waals surface area contributed by atoms with Gasteiger partial charge in [-0.2, -0.15) is 0 Å². The van der Waals surface area contributed by atoms with Crippen molar-refractivity contribution < 1.29 is 4.39 Å². The maximum atomic E-state index is 12.8. The highest BCUT2D eigenvalue weighted by Crippen LogP contribution is 2.28. The van der Waals surface area contributed by atoms with Crippen molar-refractivity contribution in [1.29, 1.82) is 0 Å². The summed E-state index contributed by atoms with van der Waals surface area (Å²) in [5, 5.41) is 3.23. The van der Waals surface area contributed by atoms with Crippen LogP contribution in [0, 0.1) is 5.82 Å². The second-order valence-electron chi connectivity index (χ2n) is 3.89. The minimum atomic E-state index is -0.195. The third-order valence-corrected chi connectivity index (χ3v) is 2.68. The summed E-state index contributed by atoms with van der Waals surface area (Å²) in [6.07, 6.45) is 2.12. The Morgan fingerprint density at radius 2 is 2.00 bits per heavy atom. The first-order valence-corrected chi connectivity index (χ1v) is 5.02. The van der Waals surface area contributed by atoms with Crippen LogP contribution in [0.5, 0.6) is 0 Å². The van der Waals surface area contributed by atoms with Gasteiger partial charge < -0.3 is 5.32 Å². The molecule has 2 rings (SSSR count). The summed E-state index contributed by atoms with van der Waals surface area (Å²) in [6, 6.07) is 6.63. The highest BCUT2D eigenvalue weighted by atomic mass is 19.1. The number of nitrogens with one attached hydrogen (secondary N) is 1. The fraction of sp³-hybridized carbons (Fsp3) is 0.231. The monoisotopic (exact) mass is 203 g/mol. The van der Waals surface area contributed by atoms with Gasteiger partial charge in [-0.15, -0.1) is 0 Å². The number of allylic oxidation sites excluding steroid dienone is 2. The van der Waals surface area contributed by atoms with Gasteiger partial charge in [0, 0.05) is 18.2 Å². The number of hydrogen-bond donors (Lipinski definition) is 1. The van der Waals surface area contributed by atoms with E-state index >= 15 is 0 Å². The van der Waals surface area contributed by atoms with E-state index in [4.69, 9.17) is 0 Å². The first-order valence-electron chi connectivity index (χ1n) is 5.02. The number of benzene rings is 1. The zero-order valence-electron chi connectivity index (χ0n) is 8.76. The van der Waals surface area contributed by atoms with Crippen LogP contribution in [-0.4, -0.2) is 6.54 Å². The normalized spacial score (nSPS) is 20.8. The smallest absolute Gasteiger partial charge is 0.123 e. The molecule has 0 radical (unpaired) electrons. The molecule has 0 bridgehead atoms. The van der Waals surface area contributed by atoms with Crippen molar-refractivity contribution in [3.05, 3.63) is 59.6 Å². The molecule has 1 unspecified atom stereocenters. The van der Waals surface area contributed by atoms with Crippen molar-refractivity contribution in [3.8, 4) is 0 Å². The second kappa shape index (κ2) is 3.89. The maximum Gasteiger partial charge on any atom is 0.123 e. The Bertz CT molecular complexity index is 403. The van der Waals surface area contributed by atoms with Gasteiger partial charge in [-0.3, -0.25) is 0 Å². The Morgan fingerprint density at radius 1 is 1.33 bits per heavy atom. The first kappa shape index (κ1) is 9.97. The van der Waals surface area contributed by atoms with E-state index in [1.807, 2.05) is 19.1 Å². The van der Waals surface area contributed by atoms with E-state index in [2.05, 4.69) is 18.0 Å². The molecular formula is C13H14FN. The van der Waals surface area contributed by atoms with Crippen LogP contribution in [0.15, 0.2) is 48.2 Å². The molecule has 1 aliphatic heterocycles. The summed E-state index contributed by atoms with van der Waals surface area (Å²) in [6.45, 7) is 6.85. The van der Waals surface area contributed by atoms with Crippen LogP contribution >= 0.6 is 0 Å². The molecular weight excluding hydrogens is 189 g/mol. The minimum Gasteiger partial charge on any atom is -0.385 e. The number of halogens is 1. The third kappa shape index (κ3) is 2.09. The molecule has 1 heterocycles. The van der Waals surface area contributed by atoms with E-state index in [-0.39, 0.29) is 11.7 Å². The SMILES string of the molecule is C=C1CNC(C)=CC1c1ccc(F)cc1. The second-order valence-corrected chi connectivity index (χ2v) is 3.89. The van der Waals surface area contributed by atoms with Crippen LogP contribution < -0.4 is 5.32 Å². The van der Waals surface area contributed by atoms with Crippen molar-refractivity contribution >= 4 is 0 Å². The lowest BCUT2D eigenvalue weighted by molar-refractivity contribution is 0.626. The zero-order chi connectivity index (χ0) is 10.8. The molecule has 0 aromatic heterocycles. The molecule has 0 saturated carbocycles. The third-order valence-electron chi connectivity index (χ3n) is 2.68. The van der Waals surface area contributed by atoms with Gasteiger partial charge in [0.15, 0.2) is 0 Å². The highest BCUT2D eigenvalue weighted by Gasteiger charge is 2.16. The van der Waals surface area contributed by atoms with Gasteiger partial charge in [0.1, 0.15) is 5.82 Å². The molecule has 15 heavy (non-hydrogen) atoms. The molecule has 1 aromatic carbocycles. The van der Waals surface area contributed by atoms with Crippen molar-refractivity contribution in [2.75, 3.05) is 6.54 Å².